The molecule has 1 aliphatic heterocycles. The van der Waals surface area contributed by atoms with Gasteiger partial charge in [-0.25, -0.2) is 21.2 Å². The quantitative estimate of drug-likeness (QED) is 0.406. The van der Waals surface area contributed by atoms with Gasteiger partial charge in [0.25, 0.3) is 0 Å². The SMILES string of the molecule is CC[C@H](C(=O)NCCOc1ccc(S(=O)(=O)N2CCOCC2)cc1)N(c1ccc(F)c(Cl)c1)S(C)(=O)=O. The van der Waals surface area contributed by atoms with Gasteiger partial charge in [0.15, 0.2) is 0 Å². The van der Waals surface area contributed by atoms with Gasteiger partial charge in [-0.2, -0.15) is 4.31 Å². The van der Waals surface area contributed by atoms with Gasteiger partial charge in [-0.3, -0.25) is 9.10 Å². The van der Waals surface area contributed by atoms with Gasteiger partial charge >= 0.3 is 0 Å². The molecule has 3 rings (SSSR count). The minimum absolute atomic E-state index is 0.0545. The summed E-state index contributed by atoms with van der Waals surface area (Å²) in [7, 11) is -7.52. The van der Waals surface area contributed by atoms with E-state index >= 15 is 0 Å². The first-order valence-electron chi connectivity index (χ1n) is 11.5. The number of carbonyl (C=O) groups excluding carboxylic acids is 1. The van der Waals surface area contributed by atoms with Crippen molar-refractivity contribution in [3.8, 4) is 5.75 Å². The van der Waals surface area contributed by atoms with Crippen molar-refractivity contribution >= 4 is 43.2 Å². The number of hydrogen-bond acceptors (Lipinski definition) is 7. The van der Waals surface area contributed by atoms with Crippen LogP contribution in [0.3, 0.4) is 0 Å². The zero-order chi connectivity index (χ0) is 27.2. The van der Waals surface area contributed by atoms with Crippen LogP contribution in [0.4, 0.5) is 10.1 Å². The molecule has 204 valence electrons. The van der Waals surface area contributed by atoms with E-state index in [2.05, 4.69) is 5.32 Å². The summed E-state index contributed by atoms with van der Waals surface area (Å²) in [6.45, 7) is 3.06. The van der Waals surface area contributed by atoms with Gasteiger partial charge in [0.2, 0.25) is 26.0 Å². The number of morpholine rings is 1. The molecule has 1 saturated heterocycles. The molecule has 2 aromatic rings. The van der Waals surface area contributed by atoms with Gasteiger partial charge in [-0.1, -0.05) is 18.5 Å². The third-order valence-electron chi connectivity index (χ3n) is 5.59. The molecule has 1 heterocycles. The Morgan fingerprint density at radius 3 is 2.38 bits per heavy atom. The van der Waals surface area contributed by atoms with Crippen LogP contribution in [0.1, 0.15) is 13.3 Å². The van der Waals surface area contributed by atoms with Crippen LogP contribution in [-0.2, 0) is 29.6 Å². The summed E-state index contributed by atoms with van der Waals surface area (Å²) in [6.07, 6.45) is 1.10. The number of ether oxygens (including phenoxy) is 2. The predicted octanol–water partition coefficient (Wildman–Crippen LogP) is 2.24. The standard InChI is InChI=1S/C23H29ClFN3O7S2/c1-3-22(28(36(2,30)31)17-4-9-21(25)20(24)16-17)23(29)26-10-13-35-18-5-7-19(8-6-18)37(32,33)27-11-14-34-15-12-27/h4-9,16,22H,3,10-15H2,1-2H3,(H,26,29)/t22-/m1/s1. The molecule has 1 atom stereocenters. The van der Waals surface area contributed by atoms with E-state index in [1.54, 1.807) is 6.92 Å². The number of nitrogens with one attached hydrogen (secondary N) is 1. The molecule has 0 unspecified atom stereocenters. The summed E-state index contributed by atoms with van der Waals surface area (Å²) in [5, 5.41) is 2.37. The van der Waals surface area contributed by atoms with E-state index in [-0.39, 0.29) is 35.2 Å². The molecule has 10 nitrogen and oxygen atoms in total. The Balaban J connectivity index is 1.59. The molecule has 0 aromatic heterocycles. The fourth-order valence-corrected chi connectivity index (χ4v) is 6.57. The average Bonchev–Trinajstić information content (AvgIpc) is 2.87. The van der Waals surface area contributed by atoms with E-state index in [0.29, 0.717) is 32.1 Å². The van der Waals surface area contributed by atoms with Crippen LogP contribution in [0.15, 0.2) is 47.4 Å². The lowest BCUT2D eigenvalue weighted by atomic mass is 10.2. The van der Waals surface area contributed by atoms with E-state index < -0.39 is 37.8 Å². The molecule has 14 heteroatoms. The second kappa shape index (κ2) is 12.4. The highest BCUT2D eigenvalue weighted by atomic mass is 35.5. The number of anilines is 1. The van der Waals surface area contributed by atoms with Crippen molar-refractivity contribution in [3.05, 3.63) is 53.3 Å². The molecule has 0 spiro atoms. The van der Waals surface area contributed by atoms with Crippen molar-refractivity contribution < 1.29 is 35.5 Å². The fraction of sp³-hybridized carbons (Fsp3) is 0.435. The second-order valence-electron chi connectivity index (χ2n) is 8.21. The first-order valence-corrected chi connectivity index (χ1v) is 15.1. The normalized spacial score (nSPS) is 15.7. The first-order chi connectivity index (χ1) is 17.4. The fourth-order valence-electron chi connectivity index (χ4n) is 3.79. The summed E-state index contributed by atoms with van der Waals surface area (Å²) in [5.74, 6) is -0.870. The van der Waals surface area contributed by atoms with Gasteiger partial charge in [-0.15, -0.1) is 0 Å². The maximum absolute atomic E-state index is 13.6. The highest BCUT2D eigenvalue weighted by molar-refractivity contribution is 7.92. The molecule has 1 amide bonds. The third kappa shape index (κ3) is 7.32. The Kier molecular flexibility index (Phi) is 9.75. The van der Waals surface area contributed by atoms with Gasteiger partial charge < -0.3 is 14.8 Å². The minimum Gasteiger partial charge on any atom is -0.492 e. The zero-order valence-corrected chi connectivity index (χ0v) is 22.8. The van der Waals surface area contributed by atoms with E-state index in [0.717, 1.165) is 22.7 Å². The molecule has 0 bridgehead atoms. The van der Waals surface area contributed by atoms with Crippen molar-refractivity contribution in [2.75, 3.05) is 50.0 Å². The monoisotopic (exact) mass is 577 g/mol. The Labute approximate surface area is 221 Å². The number of carbonyl (C=O) groups is 1. The maximum Gasteiger partial charge on any atom is 0.244 e. The van der Waals surface area contributed by atoms with Gasteiger partial charge in [0.1, 0.15) is 24.2 Å². The van der Waals surface area contributed by atoms with Gasteiger partial charge in [0, 0.05) is 13.1 Å². The number of hydrogen-bond donors (Lipinski definition) is 1. The number of sulfonamides is 2. The topological polar surface area (TPSA) is 122 Å². The number of halogens is 2. The highest BCUT2D eigenvalue weighted by Crippen LogP contribution is 2.27. The van der Waals surface area contributed by atoms with E-state index in [4.69, 9.17) is 21.1 Å². The minimum atomic E-state index is -3.90. The van der Waals surface area contributed by atoms with Crippen molar-refractivity contribution in [2.45, 2.75) is 24.3 Å². The number of benzene rings is 2. The van der Waals surface area contributed by atoms with Crippen LogP contribution in [0.5, 0.6) is 5.75 Å². The Hall–Kier alpha value is -2.45. The lowest BCUT2D eigenvalue weighted by molar-refractivity contribution is -0.122. The third-order valence-corrected chi connectivity index (χ3v) is 8.97. The molecule has 1 N–H and O–H groups in total. The smallest absolute Gasteiger partial charge is 0.244 e. The van der Waals surface area contributed by atoms with Gasteiger partial charge in [-0.05, 0) is 48.9 Å². The molecule has 0 saturated carbocycles. The van der Waals surface area contributed by atoms with Crippen LogP contribution in [0.25, 0.3) is 0 Å². The van der Waals surface area contributed by atoms with E-state index in [1.807, 2.05) is 0 Å². The summed E-state index contributed by atoms with van der Waals surface area (Å²) < 4.78 is 77.0. The van der Waals surface area contributed by atoms with Crippen LogP contribution in [-0.4, -0.2) is 78.8 Å². The van der Waals surface area contributed by atoms with Crippen LogP contribution >= 0.6 is 11.6 Å². The highest BCUT2D eigenvalue weighted by Gasteiger charge is 2.32. The molecule has 1 aliphatic rings. The van der Waals surface area contributed by atoms with Crippen molar-refractivity contribution in [3.63, 3.8) is 0 Å². The summed E-state index contributed by atoms with van der Waals surface area (Å²) in [5.41, 5.74) is 0.0688. The van der Waals surface area contributed by atoms with Crippen LogP contribution in [0, 0.1) is 5.82 Å². The molecule has 0 radical (unpaired) electrons. The summed E-state index contributed by atoms with van der Waals surface area (Å²) in [4.78, 5) is 13.0. The van der Waals surface area contributed by atoms with Crippen molar-refractivity contribution in [1.29, 1.82) is 0 Å². The number of nitrogens with zero attached hydrogens (tertiary/aromatic N) is 2. The van der Waals surface area contributed by atoms with Crippen molar-refractivity contribution in [2.24, 2.45) is 0 Å². The van der Waals surface area contributed by atoms with Crippen LogP contribution in [0.2, 0.25) is 5.02 Å². The van der Waals surface area contributed by atoms with E-state index in [9.17, 15) is 26.0 Å². The molecule has 37 heavy (non-hydrogen) atoms. The molecule has 1 fully saturated rings. The summed E-state index contributed by atoms with van der Waals surface area (Å²) >= 11 is 5.82. The molecule has 2 aromatic carbocycles. The number of amides is 1. The number of rotatable bonds is 11. The second-order valence-corrected chi connectivity index (χ2v) is 12.4. The molecular formula is C23H29ClFN3O7S2. The average molecular weight is 578 g/mol. The maximum atomic E-state index is 13.6. The summed E-state index contributed by atoms with van der Waals surface area (Å²) in [6, 6.07) is 8.27. The lowest BCUT2D eigenvalue weighted by Crippen LogP contribution is -2.50. The van der Waals surface area contributed by atoms with Crippen molar-refractivity contribution in [1.82, 2.24) is 9.62 Å². The van der Waals surface area contributed by atoms with Gasteiger partial charge in [0.05, 0.1) is 41.6 Å². The van der Waals surface area contributed by atoms with Crippen LogP contribution < -0.4 is 14.4 Å². The largest absolute Gasteiger partial charge is 0.492 e. The first kappa shape index (κ1) is 29.1. The van der Waals surface area contributed by atoms with E-state index in [1.165, 1.54) is 34.6 Å². The Morgan fingerprint density at radius 2 is 1.81 bits per heavy atom. The molecule has 0 aliphatic carbocycles. The zero-order valence-electron chi connectivity index (χ0n) is 20.4. The molecular weight excluding hydrogens is 549 g/mol. The Bertz CT molecular complexity index is 1300. The Morgan fingerprint density at radius 1 is 1.16 bits per heavy atom. The lowest BCUT2D eigenvalue weighted by Gasteiger charge is -2.30. The predicted molar refractivity (Wildman–Crippen MR) is 137 cm³/mol.